The van der Waals surface area contributed by atoms with Crippen LogP contribution in [0.15, 0.2) is 12.1 Å². The van der Waals surface area contributed by atoms with Gasteiger partial charge in [0.1, 0.15) is 0 Å². The first-order valence-corrected chi connectivity index (χ1v) is 6.73. The van der Waals surface area contributed by atoms with E-state index in [2.05, 4.69) is 29.8 Å². The number of anilines is 1. The van der Waals surface area contributed by atoms with E-state index in [1.54, 1.807) is 11.3 Å². The molecule has 2 heterocycles. The topological polar surface area (TPSA) is 32.5 Å². The molecule has 1 saturated heterocycles. The van der Waals surface area contributed by atoms with Gasteiger partial charge in [-0.05, 0) is 32.5 Å². The smallest absolute Gasteiger partial charge is 0.0859 e. The van der Waals surface area contributed by atoms with Crippen molar-refractivity contribution in [2.45, 2.75) is 19.4 Å². The van der Waals surface area contributed by atoms with Gasteiger partial charge in [0, 0.05) is 37.1 Å². The van der Waals surface area contributed by atoms with E-state index in [4.69, 9.17) is 5.73 Å². The molecule has 3 nitrogen and oxygen atoms in total. The summed E-state index contributed by atoms with van der Waals surface area (Å²) in [7, 11) is 2.20. The molecule has 0 aromatic carbocycles. The first kappa shape index (κ1) is 11.9. The minimum Gasteiger partial charge on any atom is -0.391 e. The van der Waals surface area contributed by atoms with Crippen LogP contribution in [0.2, 0.25) is 0 Å². The Hall–Kier alpha value is -0.580. The highest BCUT2D eigenvalue weighted by atomic mass is 32.1. The monoisotopic (exact) mass is 239 g/mol. The molecule has 1 aromatic heterocycles. The number of hydrogen-bond acceptors (Lipinski definition) is 4. The lowest BCUT2D eigenvalue weighted by Crippen LogP contribution is -2.48. The summed E-state index contributed by atoms with van der Waals surface area (Å²) in [5, 5.41) is 0.931. The van der Waals surface area contributed by atoms with Gasteiger partial charge in [-0.1, -0.05) is 0 Å². The van der Waals surface area contributed by atoms with Crippen LogP contribution in [-0.2, 0) is 6.42 Å². The molecule has 1 unspecified atom stereocenters. The number of thiophene rings is 1. The van der Waals surface area contributed by atoms with Crippen molar-refractivity contribution in [3.8, 4) is 0 Å². The van der Waals surface area contributed by atoms with E-state index in [-0.39, 0.29) is 0 Å². The van der Waals surface area contributed by atoms with Gasteiger partial charge >= 0.3 is 0 Å². The Morgan fingerprint density at radius 2 is 2.00 bits per heavy atom. The summed E-state index contributed by atoms with van der Waals surface area (Å²) in [6.07, 6.45) is 1.13. The summed E-state index contributed by atoms with van der Waals surface area (Å²) in [6, 6.07) is 4.80. The predicted molar refractivity (Wildman–Crippen MR) is 71.0 cm³/mol. The highest BCUT2D eigenvalue weighted by Crippen LogP contribution is 2.21. The van der Waals surface area contributed by atoms with Crippen LogP contribution in [0.3, 0.4) is 0 Å². The largest absolute Gasteiger partial charge is 0.391 e. The molecule has 2 rings (SSSR count). The summed E-state index contributed by atoms with van der Waals surface area (Å²) in [5.41, 5.74) is 5.75. The molecule has 1 atom stereocenters. The molecule has 0 saturated carbocycles. The zero-order valence-electron chi connectivity index (χ0n) is 10.1. The summed E-state index contributed by atoms with van der Waals surface area (Å²) in [6.45, 7) is 7.09. The fraction of sp³-hybridized carbons (Fsp3) is 0.667. The summed E-state index contributed by atoms with van der Waals surface area (Å²) >= 11 is 1.72. The lowest BCUT2D eigenvalue weighted by Gasteiger charge is -2.36. The Morgan fingerprint density at radius 1 is 1.31 bits per heavy atom. The van der Waals surface area contributed by atoms with Crippen LogP contribution in [-0.4, -0.2) is 49.1 Å². The van der Waals surface area contributed by atoms with E-state index in [0.717, 1.165) is 11.4 Å². The average Bonchev–Trinajstić information content (AvgIpc) is 2.65. The highest BCUT2D eigenvalue weighted by Gasteiger charge is 2.19. The third-order valence-corrected chi connectivity index (χ3v) is 4.28. The number of likely N-dealkylation sites (N-methyl/N-ethyl adjacent to an activating group) is 1. The lowest BCUT2D eigenvalue weighted by atomic mass is 10.1. The van der Waals surface area contributed by atoms with Crippen LogP contribution in [0.4, 0.5) is 5.00 Å². The molecule has 0 bridgehead atoms. The third-order valence-electron chi connectivity index (χ3n) is 3.34. The molecule has 0 amide bonds. The van der Waals surface area contributed by atoms with Gasteiger partial charge in [0.15, 0.2) is 0 Å². The Labute approximate surface area is 102 Å². The van der Waals surface area contributed by atoms with Gasteiger partial charge in [0.05, 0.1) is 5.00 Å². The maximum Gasteiger partial charge on any atom is 0.0859 e. The maximum absolute atomic E-state index is 5.75. The highest BCUT2D eigenvalue weighted by molar-refractivity contribution is 7.15. The number of nitrogens with two attached hydrogens (primary N) is 1. The van der Waals surface area contributed by atoms with Crippen LogP contribution in [0, 0.1) is 0 Å². The van der Waals surface area contributed by atoms with Gasteiger partial charge in [-0.3, -0.25) is 4.90 Å². The first-order chi connectivity index (χ1) is 7.65. The molecule has 0 spiro atoms. The molecule has 1 aliphatic rings. The van der Waals surface area contributed by atoms with Crippen LogP contribution in [0.5, 0.6) is 0 Å². The normalized spacial score (nSPS) is 21.1. The molecule has 0 radical (unpaired) electrons. The second-order valence-electron chi connectivity index (χ2n) is 4.70. The second-order valence-corrected chi connectivity index (χ2v) is 5.90. The van der Waals surface area contributed by atoms with Crippen molar-refractivity contribution in [3.63, 3.8) is 0 Å². The molecule has 1 aromatic rings. The summed E-state index contributed by atoms with van der Waals surface area (Å²) in [4.78, 5) is 6.38. The Kier molecular flexibility index (Phi) is 3.84. The quantitative estimate of drug-likeness (QED) is 0.868. The molecule has 16 heavy (non-hydrogen) atoms. The van der Waals surface area contributed by atoms with E-state index in [9.17, 15) is 0 Å². The molecular weight excluding hydrogens is 218 g/mol. The summed E-state index contributed by atoms with van der Waals surface area (Å²) < 4.78 is 0. The Morgan fingerprint density at radius 3 is 2.56 bits per heavy atom. The lowest BCUT2D eigenvalue weighted by molar-refractivity contribution is 0.119. The van der Waals surface area contributed by atoms with Crippen molar-refractivity contribution >= 4 is 16.3 Å². The summed E-state index contributed by atoms with van der Waals surface area (Å²) in [5.74, 6) is 0. The molecule has 90 valence electrons. The zero-order valence-corrected chi connectivity index (χ0v) is 11.0. The van der Waals surface area contributed by atoms with E-state index >= 15 is 0 Å². The van der Waals surface area contributed by atoms with Crippen LogP contribution in [0.1, 0.15) is 11.8 Å². The second kappa shape index (κ2) is 5.17. The molecule has 4 heteroatoms. The van der Waals surface area contributed by atoms with Crippen molar-refractivity contribution in [1.29, 1.82) is 0 Å². The van der Waals surface area contributed by atoms with Crippen molar-refractivity contribution in [3.05, 3.63) is 17.0 Å². The first-order valence-electron chi connectivity index (χ1n) is 5.92. The number of piperazine rings is 1. The molecule has 2 N–H and O–H groups in total. The minimum absolute atomic E-state index is 0.631. The fourth-order valence-corrected chi connectivity index (χ4v) is 3.09. The van der Waals surface area contributed by atoms with Gasteiger partial charge in [-0.25, -0.2) is 0 Å². The molecular formula is C12H21N3S. The predicted octanol–water partition coefficient (Wildman–Crippen LogP) is 1.51. The number of rotatable bonds is 3. The van der Waals surface area contributed by atoms with E-state index in [0.29, 0.717) is 6.04 Å². The van der Waals surface area contributed by atoms with Gasteiger partial charge in [0.2, 0.25) is 0 Å². The molecule has 1 fully saturated rings. The van der Waals surface area contributed by atoms with Gasteiger partial charge in [-0.15, -0.1) is 11.3 Å². The van der Waals surface area contributed by atoms with Gasteiger partial charge in [-0.2, -0.15) is 0 Å². The Balaban J connectivity index is 1.85. The third kappa shape index (κ3) is 2.97. The van der Waals surface area contributed by atoms with Crippen LogP contribution < -0.4 is 5.73 Å². The molecule has 1 aliphatic heterocycles. The van der Waals surface area contributed by atoms with E-state index < -0.39 is 0 Å². The van der Waals surface area contributed by atoms with Crippen molar-refractivity contribution < 1.29 is 0 Å². The van der Waals surface area contributed by atoms with Gasteiger partial charge in [0.25, 0.3) is 0 Å². The van der Waals surface area contributed by atoms with Gasteiger partial charge < -0.3 is 10.6 Å². The standard InChI is InChI=1S/C12H21N3S/c1-10(9-11-3-4-12(13)16-11)15-7-5-14(2)6-8-15/h3-4,10H,5-9,13H2,1-2H3. The van der Waals surface area contributed by atoms with Crippen LogP contribution in [0.25, 0.3) is 0 Å². The average molecular weight is 239 g/mol. The fourth-order valence-electron chi connectivity index (χ4n) is 2.19. The number of hydrogen-bond donors (Lipinski definition) is 1. The van der Waals surface area contributed by atoms with Crippen molar-refractivity contribution in [1.82, 2.24) is 9.80 Å². The zero-order chi connectivity index (χ0) is 11.5. The van der Waals surface area contributed by atoms with Crippen molar-refractivity contribution in [2.24, 2.45) is 0 Å². The maximum atomic E-state index is 5.75. The van der Waals surface area contributed by atoms with Crippen molar-refractivity contribution in [2.75, 3.05) is 39.0 Å². The number of nitrogen functional groups attached to an aromatic ring is 1. The van der Waals surface area contributed by atoms with E-state index in [1.807, 2.05) is 6.07 Å². The minimum atomic E-state index is 0.631. The molecule has 0 aliphatic carbocycles. The Bertz CT molecular complexity index is 329. The van der Waals surface area contributed by atoms with E-state index in [1.165, 1.54) is 31.1 Å². The number of nitrogens with zero attached hydrogens (tertiary/aromatic N) is 2. The SMILES string of the molecule is CC(Cc1ccc(N)s1)N1CCN(C)CC1. The van der Waals surface area contributed by atoms with Crippen LogP contribution >= 0.6 is 11.3 Å².